The van der Waals surface area contributed by atoms with Gasteiger partial charge in [0.15, 0.2) is 7.14 Å². The molecule has 90 heavy (non-hydrogen) atoms. The fraction of sp³-hybridized carbons (Fsp3) is 0.591. The lowest BCUT2D eigenvalue weighted by Gasteiger charge is -2.31. The van der Waals surface area contributed by atoms with Crippen molar-refractivity contribution in [3.05, 3.63) is 131 Å². The maximum Gasteiger partial charge on any atom is 0.407 e. The number of nitrogens with zero attached hydrogens (tertiary/aromatic N) is 3. The monoisotopic (exact) mass is 1370 g/mol. The lowest BCUT2D eigenvalue weighted by molar-refractivity contribution is -0.597. The van der Waals surface area contributed by atoms with Crippen molar-refractivity contribution in [2.45, 2.75) is 180 Å². The standard InChI is InChI=1S/C66H97IN6O17/c1-5-9-10-11-12-13-14-15-16-26-35-56(48-85-55-38-36-54(37-39-55)67-53-33-24-23-25-34-53)90-62(80)70-42-29-19-22-32-45-73-64(82)71(43-30-20-17-27-40-68-60(78)84-47-46-74)63(81)72(65(73)83)44-31-21-18-28-41-69-61(79)89-52-66(49-86-57(75)6-2,50-87-58(76)7-3)51-88-59(77)8-4/h6-8,23-25,33-34,36-39,56,74H,2-5,9-22,26-32,35,40-52H2,1H3,(H2-,68,69,70,78,79,80)/p+1. The second kappa shape index (κ2) is 47.7. The van der Waals surface area contributed by atoms with Crippen LogP contribution in [0.15, 0.2) is 107 Å². The van der Waals surface area contributed by atoms with Crippen molar-refractivity contribution in [3.63, 3.8) is 0 Å². The lowest BCUT2D eigenvalue weighted by Crippen LogP contribution is -3.61. The third kappa shape index (κ3) is 33.6. The number of rotatable bonds is 51. The number of esters is 3. The van der Waals surface area contributed by atoms with Crippen LogP contribution in [0.1, 0.15) is 155 Å². The van der Waals surface area contributed by atoms with Crippen molar-refractivity contribution in [3.8, 4) is 5.75 Å². The molecule has 1 unspecified atom stereocenters. The number of halogens is 1. The van der Waals surface area contributed by atoms with E-state index in [2.05, 4.69) is 79.0 Å². The highest BCUT2D eigenvalue weighted by molar-refractivity contribution is 5.82. The van der Waals surface area contributed by atoms with Gasteiger partial charge in [0.05, 0.1) is 6.61 Å². The Morgan fingerprint density at radius 2 is 0.889 bits per heavy atom. The van der Waals surface area contributed by atoms with E-state index >= 15 is 0 Å². The molecule has 2 aromatic carbocycles. The zero-order valence-corrected chi connectivity index (χ0v) is 54.9. The van der Waals surface area contributed by atoms with Crippen molar-refractivity contribution < 1.29 is 88.2 Å². The second-order valence-corrected chi connectivity index (χ2v) is 24.9. The zero-order chi connectivity index (χ0) is 65.5. The Kier molecular flexibility index (Phi) is 40.8. The zero-order valence-electron chi connectivity index (χ0n) is 52.8. The Hall–Kier alpha value is -7.22. The summed E-state index contributed by atoms with van der Waals surface area (Å²) in [6, 6.07) is 18.6. The summed E-state index contributed by atoms with van der Waals surface area (Å²) in [5.74, 6) is -1.75. The van der Waals surface area contributed by atoms with Gasteiger partial charge in [-0.1, -0.05) is 141 Å². The van der Waals surface area contributed by atoms with Crippen molar-refractivity contribution in [1.29, 1.82) is 0 Å². The average Bonchev–Trinajstić information content (AvgIpc) is 2.51. The molecule has 23 nitrogen and oxygen atoms in total. The summed E-state index contributed by atoms with van der Waals surface area (Å²) in [5, 5.41) is 17.0. The van der Waals surface area contributed by atoms with Gasteiger partial charge in [0.2, 0.25) is 0 Å². The smallest absolute Gasteiger partial charge is 0.407 e. The molecule has 1 heterocycles. The summed E-state index contributed by atoms with van der Waals surface area (Å²) in [7, 11) is 0. The summed E-state index contributed by atoms with van der Waals surface area (Å²) in [6.45, 7) is 11.2. The van der Waals surface area contributed by atoms with Crippen LogP contribution in [0.2, 0.25) is 0 Å². The number of aliphatic hydroxyl groups is 1. The molecule has 0 aliphatic heterocycles. The Labute approximate surface area is 539 Å². The molecule has 3 aromatic rings. The van der Waals surface area contributed by atoms with Crippen LogP contribution < -0.4 is 59.0 Å². The highest BCUT2D eigenvalue weighted by Crippen LogP contribution is 2.22. The van der Waals surface area contributed by atoms with Crippen LogP contribution in [0.3, 0.4) is 0 Å². The van der Waals surface area contributed by atoms with E-state index in [0.717, 1.165) is 56.9 Å². The van der Waals surface area contributed by atoms with Crippen LogP contribution in [0, 0.1) is 12.6 Å². The normalized spacial score (nSPS) is 11.4. The Morgan fingerprint density at radius 3 is 1.33 bits per heavy atom. The maximum atomic E-state index is 13.9. The number of benzene rings is 2. The number of carbonyl (C=O) groups excluding carboxylic acids is 6. The van der Waals surface area contributed by atoms with Gasteiger partial charge in [-0.05, 0) is 87.8 Å². The van der Waals surface area contributed by atoms with E-state index in [-0.39, 0.29) is 67.2 Å². The van der Waals surface area contributed by atoms with Gasteiger partial charge in [-0.25, -0.2) is 56.9 Å². The van der Waals surface area contributed by atoms with E-state index in [4.69, 9.17) is 38.3 Å². The van der Waals surface area contributed by atoms with Gasteiger partial charge in [-0.2, -0.15) is 0 Å². The molecule has 0 radical (unpaired) electrons. The SMILES string of the molecule is C=CC(=O)OCC(COC(=O)C=C)(COC(=O)C=C)COC(=O)NCCCCCCn1c(=O)n(CCCCCCNC(=O)OCCO)c(=O)n(CCCCCCNC(=O)OC(CCCCCCCCCCCC)COc2ccc([I+]c3ccccc3)cc2)c1=O. The van der Waals surface area contributed by atoms with Crippen LogP contribution in [0.4, 0.5) is 14.4 Å². The maximum absolute atomic E-state index is 13.9. The summed E-state index contributed by atoms with van der Waals surface area (Å²) < 4.78 is 43.7. The van der Waals surface area contributed by atoms with Crippen LogP contribution in [-0.2, 0) is 62.4 Å². The van der Waals surface area contributed by atoms with Crippen LogP contribution in [0.5, 0.6) is 5.75 Å². The van der Waals surface area contributed by atoms with Crippen molar-refractivity contribution >= 4 is 36.2 Å². The van der Waals surface area contributed by atoms with Gasteiger partial charge in [0.1, 0.15) is 56.9 Å². The molecule has 1 atom stereocenters. The summed E-state index contributed by atoms with van der Waals surface area (Å²) in [6.07, 6.45) is 19.7. The number of aromatic nitrogens is 3. The number of alkyl carbamates (subject to hydrolysis) is 3. The minimum absolute atomic E-state index is 0.0358. The van der Waals surface area contributed by atoms with Gasteiger partial charge in [0.25, 0.3) is 0 Å². The Balaban J connectivity index is 1.57. The lowest BCUT2D eigenvalue weighted by atomic mass is 9.92. The third-order valence-corrected chi connectivity index (χ3v) is 17.1. The number of aliphatic hydroxyl groups excluding tert-OH is 1. The molecule has 0 saturated carbocycles. The summed E-state index contributed by atoms with van der Waals surface area (Å²) >= 11 is -0.308. The number of ether oxygens (including phenoxy) is 7. The molecule has 3 amide bonds. The van der Waals surface area contributed by atoms with E-state index in [9.17, 15) is 43.2 Å². The molecule has 24 heteroatoms. The van der Waals surface area contributed by atoms with Gasteiger partial charge in [0, 0.05) is 57.5 Å². The molecule has 3 rings (SSSR count). The fourth-order valence-corrected chi connectivity index (χ4v) is 11.5. The van der Waals surface area contributed by atoms with Gasteiger partial charge in [-0.15, -0.1) is 0 Å². The number of nitrogens with one attached hydrogen (secondary N) is 3. The fourth-order valence-electron chi connectivity index (χ4n) is 9.25. The second-order valence-electron chi connectivity index (χ2n) is 21.8. The highest BCUT2D eigenvalue weighted by Gasteiger charge is 2.38. The van der Waals surface area contributed by atoms with Crippen molar-refractivity contribution in [1.82, 2.24) is 29.7 Å². The van der Waals surface area contributed by atoms with E-state index < -0.39 is 91.2 Å². The molecule has 0 bridgehead atoms. The topological polar surface area (TPSA) is 289 Å². The van der Waals surface area contributed by atoms with Crippen LogP contribution >= 0.6 is 0 Å². The van der Waals surface area contributed by atoms with Crippen molar-refractivity contribution in [2.75, 3.05) is 65.9 Å². The average molecular weight is 1370 g/mol. The molecule has 0 fully saturated rings. The van der Waals surface area contributed by atoms with Crippen LogP contribution in [0.25, 0.3) is 0 Å². The number of hydrogen-bond donors (Lipinski definition) is 4. The molecular formula is C66H98IN6O17+. The largest absolute Gasteiger partial charge is 0.490 e. The summed E-state index contributed by atoms with van der Waals surface area (Å²) in [5.41, 5.74) is -3.62. The van der Waals surface area contributed by atoms with Gasteiger partial charge >= 0.3 is 74.5 Å². The first-order valence-electron chi connectivity index (χ1n) is 31.8. The first kappa shape index (κ1) is 77.0. The predicted octanol–water partition coefficient (Wildman–Crippen LogP) is 6.08. The first-order valence-corrected chi connectivity index (χ1v) is 33.9. The molecule has 0 aliphatic rings. The minimum atomic E-state index is -1.51. The van der Waals surface area contributed by atoms with Crippen molar-refractivity contribution in [2.24, 2.45) is 5.41 Å². The number of carbonyl (C=O) groups is 6. The number of unbranched alkanes of at least 4 members (excludes halogenated alkanes) is 18. The Morgan fingerprint density at radius 1 is 0.500 bits per heavy atom. The molecule has 0 spiro atoms. The van der Waals surface area contributed by atoms with Gasteiger partial charge in [-0.3, -0.25) is 0 Å². The van der Waals surface area contributed by atoms with Gasteiger partial charge < -0.3 is 54.2 Å². The molecule has 1 aromatic heterocycles. The Bertz CT molecular complexity index is 2730. The van der Waals surface area contributed by atoms with Crippen LogP contribution in [-0.4, -0.2) is 127 Å². The number of hydrogen-bond acceptors (Lipinski definition) is 17. The van der Waals surface area contributed by atoms with E-state index in [1.807, 2.05) is 18.2 Å². The minimum Gasteiger partial charge on any atom is -0.490 e. The molecule has 500 valence electrons. The molecule has 0 saturated heterocycles. The van der Waals surface area contributed by atoms with E-state index in [0.29, 0.717) is 96.6 Å². The molecule has 4 N–H and O–H groups in total. The van der Waals surface area contributed by atoms with E-state index in [1.54, 1.807) is 0 Å². The quantitative estimate of drug-likeness (QED) is 0.0164. The number of amides is 3. The highest BCUT2D eigenvalue weighted by atomic mass is 127. The van der Waals surface area contributed by atoms with E-state index in [1.165, 1.54) is 52.1 Å². The first-order chi connectivity index (χ1) is 43.7. The third-order valence-electron chi connectivity index (χ3n) is 14.4. The molecular weight excluding hydrogens is 1280 g/mol. The predicted molar refractivity (Wildman–Crippen MR) is 337 cm³/mol. The summed E-state index contributed by atoms with van der Waals surface area (Å²) in [4.78, 5) is 115. The molecule has 0 aliphatic carbocycles.